The third kappa shape index (κ3) is 3.60. The number of fused-ring (bicyclic) bond motifs is 1. The van der Waals surface area contributed by atoms with Gasteiger partial charge in [0.2, 0.25) is 0 Å². The molecule has 0 saturated carbocycles. The molecule has 2 rings (SSSR count). The number of hydrogen-bond donors (Lipinski definition) is 2. The molecule has 0 unspecified atom stereocenters. The maximum atomic E-state index is 12.3. The molecule has 1 heterocycles. The molecular formula is C12H13ClF3NOS. The number of benzene rings is 1. The third-order valence-electron chi connectivity index (χ3n) is 2.76. The standard InChI is InChI=1S/C12H12F3NOS.ClH/c13-12(14,15)11(17)9(16)5-7-6-18-10-4-2-1-3-8(7)10;/h1-4,6,9,11,17H,5,16H2;1H/t9-,11-;/m0./s1. The number of thiophene rings is 1. The molecule has 1 aromatic heterocycles. The second-order valence-corrected chi connectivity index (χ2v) is 5.02. The second-order valence-electron chi connectivity index (χ2n) is 4.11. The van der Waals surface area contributed by atoms with Crippen molar-refractivity contribution in [3.8, 4) is 0 Å². The normalized spacial score (nSPS) is 15.0. The van der Waals surface area contributed by atoms with Crippen molar-refractivity contribution in [1.29, 1.82) is 0 Å². The lowest BCUT2D eigenvalue weighted by Gasteiger charge is -2.21. The van der Waals surface area contributed by atoms with Crippen LogP contribution in [0.15, 0.2) is 29.6 Å². The van der Waals surface area contributed by atoms with Gasteiger partial charge in [-0.2, -0.15) is 13.2 Å². The van der Waals surface area contributed by atoms with Crippen LogP contribution in [0.2, 0.25) is 0 Å². The summed E-state index contributed by atoms with van der Waals surface area (Å²) in [5, 5.41) is 11.8. The molecule has 0 bridgehead atoms. The first-order valence-electron chi connectivity index (χ1n) is 5.35. The van der Waals surface area contributed by atoms with Crippen LogP contribution in [0.1, 0.15) is 5.56 Å². The van der Waals surface area contributed by atoms with Gasteiger partial charge in [-0.05, 0) is 28.8 Å². The predicted octanol–water partition coefficient (Wildman–Crippen LogP) is 3.12. The molecule has 0 saturated heterocycles. The minimum atomic E-state index is -4.68. The van der Waals surface area contributed by atoms with E-state index in [4.69, 9.17) is 10.8 Å². The van der Waals surface area contributed by atoms with Crippen LogP contribution in [0.4, 0.5) is 13.2 Å². The molecule has 19 heavy (non-hydrogen) atoms. The Morgan fingerprint density at radius 1 is 1.26 bits per heavy atom. The number of aliphatic hydroxyl groups excluding tert-OH is 1. The number of rotatable bonds is 3. The van der Waals surface area contributed by atoms with Crippen molar-refractivity contribution in [2.45, 2.75) is 24.7 Å². The first-order chi connectivity index (χ1) is 8.39. The zero-order valence-electron chi connectivity index (χ0n) is 9.72. The van der Waals surface area contributed by atoms with E-state index in [0.29, 0.717) is 0 Å². The number of aliphatic hydroxyl groups is 1. The van der Waals surface area contributed by atoms with E-state index >= 15 is 0 Å². The van der Waals surface area contributed by atoms with Crippen molar-refractivity contribution >= 4 is 33.8 Å². The monoisotopic (exact) mass is 311 g/mol. The summed E-state index contributed by atoms with van der Waals surface area (Å²) in [6, 6.07) is 6.09. The van der Waals surface area contributed by atoms with Gasteiger partial charge in [-0.15, -0.1) is 23.7 Å². The van der Waals surface area contributed by atoms with Crippen LogP contribution in [0.25, 0.3) is 10.1 Å². The zero-order chi connectivity index (χ0) is 13.3. The summed E-state index contributed by atoms with van der Waals surface area (Å²) in [7, 11) is 0. The van der Waals surface area contributed by atoms with E-state index in [9.17, 15) is 13.2 Å². The van der Waals surface area contributed by atoms with Crippen LogP contribution in [-0.4, -0.2) is 23.4 Å². The molecule has 7 heteroatoms. The van der Waals surface area contributed by atoms with Crippen molar-refractivity contribution in [3.63, 3.8) is 0 Å². The molecule has 0 amide bonds. The van der Waals surface area contributed by atoms with E-state index in [1.165, 1.54) is 11.3 Å². The Bertz CT molecular complexity index is 543. The van der Waals surface area contributed by atoms with Gasteiger partial charge in [-0.25, -0.2) is 0 Å². The minimum Gasteiger partial charge on any atom is -0.382 e. The Morgan fingerprint density at radius 2 is 1.89 bits per heavy atom. The van der Waals surface area contributed by atoms with E-state index in [0.717, 1.165) is 15.6 Å². The van der Waals surface area contributed by atoms with Crippen LogP contribution < -0.4 is 5.73 Å². The summed E-state index contributed by atoms with van der Waals surface area (Å²) in [6.07, 6.45) is -7.16. The van der Waals surface area contributed by atoms with E-state index in [1.807, 2.05) is 24.3 Å². The topological polar surface area (TPSA) is 46.2 Å². The molecule has 0 aliphatic carbocycles. The molecule has 0 radical (unpaired) electrons. The fourth-order valence-corrected chi connectivity index (χ4v) is 2.77. The summed E-state index contributed by atoms with van der Waals surface area (Å²) in [6.45, 7) is 0. The molecule has 2 atom stereocenters. The molecule has 2 aromatic rings. The molecule has 0 aliphatic heterocycles. The summed E-state index contributed by atoms with van der Waals surface area (Å²) < 4.78 is 37.9. The number of nitrogens with two attached hydrogens (primary N) is 1. The number of alkyl halides is 3. The summed E-state index contributed by atoms with van der Waals surface area (Å²) >= 11 is 1.46. The Kier molecular flexibility index (Phi) is 5.20. The van der Waals surface area contributed by atoms with Crippen molar-refractivity contribution < 1.29 is 18.3 Å². The van der Waals surface area contributed by atoms with Crippen LogP contribution in [0.3, 0.4) is 0 Å². The number of hydrogen-bond acceptors (Lipinski definition) is 3. The van der Waals surface area contributed by atoms with Crippen molar-refractivity contribution in [2.75, 3.05) is 0 Å². The molecule has 106 valence electrons. The maximum absolute atomic E-state index is 12.3. The molecule has 0 spiro atoms. The van der Waals surface area contributed by atoms with Crippen LogP contribution >= 0.6 is 23.7 Å². The van der Waals surface area contributed by atoms with Crippen molar-refractivity contribution in [2.24, 2.45) is 5.73 Å². The highest BCUT2D eigenvalue weighted by Gasteiger charge is 2.42. The molecule has 2 nitrogen and oxygen atoms in total. The van der Waals surface area contributed by atoms with Crippen LogP contribution in [0.5, 0.6) is 0 Å². The van der Waals surface area contributed by atoms with Gasteiger partial charge in [0.1, 0.15) is 0 Å². The van der Waals surface area contributed by atoms with E-state index in [1.54, 1.807) is 5.38 Å². The SMILES string of the molecule is Cl.N[C@@H](Cc1csc2ccccc12)[C@H](O)C(F)(F)F. The largest absolute Gasteiger partial charge is 0.415 e. The van der Waals surface area contributed by atoms with Gasteiger partial charge in [-0.3, -0.25) is 0 Å². The second kappa shape index (κ2) is 6.09. The van der Waals surface area contributed by atoms with Crippen LogP contribution in [0, 0.1) is 0 Å². The average molecular weight is 312 g/mol. The molecular weight excluding hydrogens is 299 g/mol. The van der Waals surface area contributed by atoms with Gasteiger partial charge in [0.25, 0.3) is 0 Å². The molecule has 0 fully saturated rings. The Balaban J connectivity index is 0.00000180. The molecule has 0 aliphatic rings. The van der Waals surface area contributed by atoms with Crippen LogP contribution in [-0.2, 0) is 6.42 Å². The van der Waals surface area contributed by atoms with Gasteiger partial charge in [0.05, 0.1) is 0 Å². The average Bonchev–Trinajstić information content (AvgIpc) is 2.70. The highest BCUT2D eigenvalue weighted by molar-refractivity contribution is 7.17. The highest BCUT2D eigenvalue weighted by Crippen LogP contribution is 2.28. The first-order valence-corrected chi connectivity index (χ1v) is 6.23. The fraction of sp³-hybridized carbons (Fsp3) is 0.333. The molecule has 1 aromatic carbocycles. The Morgan fingerprint density at radius 3 is 2.53 bits per heavy atom. The van der Waals surface area contributed by atoms with E-state index in [-0.39, 0.29) is 18.8 Å². The third-order valence-corrected chi connectivity index (χ3v) is 3.77. The van der Waals surface area contributed by atoms with Gasteiger partial charge >= 0.3 is 6.18 Å². The van der Waals surface area contributed by atoms with Crippen molar-refractivity contribution in [1.82, 2.24) is 0 Å². The number of halogens is 4. The summed E-state index contributed by atoms with van der Waals surface area (Å²) in [5.74, 6) is 0. The maximum Gasteiger partial charge on any atom is 0.415 e. The smallest absolute Gasteiger partial charge is 0.382 e. The molecule has 3 N–H and O–H groups in total. The Hall–Kier alpha value is -0.820. The lowest BCUT2D eigenvalue weighted by atomic mass is 10.0. The van der Waals surface area contributed by atoms with Crippen molar-refractivity contribution in [3.05, 3.63) is 35.2 Å². The van der Waals surface area contributed by atoms with E-state index in [2.05, 4.69) is 0 Å². The van der Waals surface area contributed by atoms with Gasteiger partial charge in [0, 0.05) is 10.7 Å². The quantitative estimate of drug-likeness (QED) is 0.915. The van der Waals surface area contributed by atoms with Gasteiger partial charge in [-0.1, -0.05) is 18.2 Å². The Labute approximate surface area is 118 Å². The van der Waals surface area contributed by atoms with Gasteiger partial charge < -0.3 is 10.8 Å². The summed E-state index contributed by atoms with van der Waals surface area (Å²) in [4.78, 5) is 0. The minimum absolute atomic E-state index is 0. The van der Waals surface area contributed by atoms with Gasteiger partial charge in [0.15, 0.2) is 6.10 Å². The lowest BCUT2D eigenvalue weighted by molar-refractivity contribution is -0.209. The fourth-order valence-electron chi connectivity index (χ4n) is 1.80. The zero-order valence-corrected chi connectivity index (χ0v) is 11.4. The lowest BCUT2D eigenvalue weighted by Crippen LogP contribution is -2.46. The van der Waals surface area contributed by atoms with E-state index < -0.39 is 18.3 Å². The first kappa shape index (κ1) is 16.2. The summed E-state index contributed by atoms with van der Waals surface area (Å²) in [5.41, 5.74) is 6.16. The predicted molar refractivity (Wildman–Crippen MR) is 72.8 cm³/mol. The highest BCUT2D eigenvalue weighted by atomic mass is 35.5.